The van der Waals surface area contributed by atoms with Gasteiger partial charge in [0.2, 0.25) is 0 Å². The van der Waals surface area contributed by atoms with Crippen LogP contribution in [-0.2, 0) is 0 Å². The third-order valence-corrected chi connectivity index (χ3v) is 6.75. The minimum Gasteiger partial charge on any atom is -0.321 e. The molecule has 0 unspecified atom stereocenters. The monoisotopic (exact) mass is 438 g/mol. The van der Waals surface area contributed by atoms with E-state index < -0.39 is 0 Å². The summed E-state index contributed by atoms with van der Waals surface area (Å²) in [5.74, 6) is 0.00362. The lowest BCUT2D eigenvalue weighted by atomic mass is 9.98. The van der Waals surface area contributed by atoms with Crippen molar-refractivity contribution in [2.45, 2.75) is 0 Å². The molecule has 0 spiro atoms. The highest BCUT2D eigenvalue weighted by molar-refractivity contribution is 6.29. The van der Waals surface area contributed by atoms with Gasteiger partial charge in [0, 0.05) is 22.1 Å². The van der Waals surface area contributed by atoms with Crippen LogP contribution in [0.5, 0.6) is 0 Å². The van der Waals surface area contributed by atoms with Crippen molar-refractivity contribution >= 4 is 66.3 Å². The summed E-state index contributed by atoms with van der Waals surface area (Å²) in [7, 11) is 0. The summed E-state index contributed by atoms with van der Waals surface area (Å²) in [5.41, 5.74) is 3.42. The topological polar surface area (TPSA) is 58.2 Å². The van der Waals surface area contributed by atoms with E-state index in [2.05, 4.69) is 34.9 Å². The number of hydrogen-bond donors (Lipinski definition) is 2. The average Bonchev–Trinajstić information content (AvgIpc) is 3.37. The quantitative estimate of drug-likeness (QED) is 0.248. The second kappa shape index (κ2) is 6.90. The number of anilines is 2. The molecule has 6 aromatic carbocycles. The molecule has 2 amide bonds. The molecule has 2 N–H and O–H groups in total. The number of carbonyl (C=O) groups is 2. The summed E-state index contributed by atoms with van der Waals surface area (Å²) in [6.07, 6.45) is 0. The van der Waals surface area contributed by atoms with Crippen molar-refractivity contribution in [3.8, 4) is 0 Å². The normalized spacial score (nSPS) is 13.3. The Kier molecular flexibility index (Phi) is 3.82. The Balaban J connectivity index is 0.000000118. The highest BCUT2D eigenvalue weighted by atomic mass is 16.2. The summed E-state index contributed by atoms with van der Waals surface area (Å²) in [4.78, 5) is 23.8. The van der Waals surface area contributed by atoms with Crippen molar-refractivity contribution < 1.29 is 9.59 Å². The molecule has 0 aromatic heterocycles. The lowest BCUT2D eigenvalue weighted by Crippen LogP contribution is -2.03. The second-order valence-corrected chi connectivity index (χ2v) is 8.66. The zero-order chi connectivity index (χ0) is 22.8. The molecule has 4 heteroatoms. The van der Waals surface area contributed by atoms with E-state index in [1.165, 1.54) is 10.8 Å². The summed E-state index contributed by atoms with van der Waals surface area (Å²) >= 11 is 0. The van der Waals surface area contributed by atoms with Gasteiger partial charge in [0.15, 0.2) is 0 Å². The van der Waals surface area contributed by atoms with E-state index in [1.807, 2.05) is 72.8 Å². The lowest BCUT2D eigenvalue weighted by molar-refractivity contribution is 0.102. The fraction of sp³-hybridized carbons (Fsp3) is 0. The first-order valence-corrected chi connectivity index (χ1v) is 11.2. The predicted octanol–water partition coefficient (Wildman–Crippen LogP) is 7.12. The molecule has 2 aliphatic rings. The Bertz CT molecular complexity index is 1720. The maximum absolute atomic E-state index is 11.9. The molecule has 0 bridgehead atoms. The number of benzene rings is 6. The minimum atomic E-state index is 0.00181. The maximum Gasteiger partial charge on any atom is 0.256 e. The molecule has 0 radical (unpaired) electrons. The van der Waals surface area contributed by atoms with Gasteiger partial charge in [-0.1, -0.05) is 72.8 Å². The van der Waals surface area contributed by atoms with Gasteiger partial charge in [-0.25, -0.2) is 0 Å². The number of fused-ring (bicyclic) bond motifs is 4. The Morgan fingerprint density at radius 2 is 0.853 bits per heavy atom. The molecule has 6 aromatic rings. The molecule has 2 aliphatic heterocycles. The Hall–Kier alpha value is -4.70. The van der Waals surface area contributed by atoms with Gasteiger partial charge in [-0.2, -0.15) is 0 Å². The maximum atomic E-state index is 11.9. The predicted molar refractivity (Wildman–Crippen MR) is 139 cm³/mol. The van der Waals surface area contributed by atoms with Gasteiger partial charge >= 0.3 is 0 Å². The van der Waals surface area contributed by atoms with Crippen LogP contribution < -0.4 is 10.6 Å². The van der Waals surface area contributed by atoms with E-state index >= 15 is 0 Å². The Labute approximate surface area is 194 Å². The van der Waals surface area contributed by atoms with Gasteiger partial charge in [0.1, 0.15) is 0 Å². The largest absolute Gasteiger partial charge is 0.321 e. The number of carbonyl (C=O) groups excluding carboxylic acids is 2. The van der Waals surface area contributed by atoms with Gasteiger partial charge < -0.3 is 10.6 Å². The van der Waals surface area contributed by atoms with Crippen molar-refractivity contribution in [2.75, 3.05) is 10.6 Å². The molecule has 8 rings (SSSR count). The van der Waals surface area contributed by atoms with E-state index in [0.29, 0.717) is 0 Å². The van der Waals surface area contributed by atoms with Crippen LogP contribution in [0, 0.1) is 0 Å². The van der Waals surface area contributed by atoms with E-state index in [0.717, 1.165) is 54.8 Å². The van der Waals surface area contributed by atoms with Crippen molar-refractivity contribution in [2.24, 2.45) is 0 Å². The van der Waals surface area contributed by atoms with Crippen molar-refractivity contribution in [1.82, 2.24) is 0 Å². The van der Waals surface area contributed by atoms with Crippen LogP contribution in [0.4, 0.5) is 11.4 Å². The summed E-state index contributed by atoms with van der Waals surface area (Å²) in [5, 5.41) is 14.8. The molecular weight excluding hydrogens is 420 g/mol. The first-order valence-electron chi connectivity index (χ1n) is 11.2. The third kappa shape index (κ3) is 2.60. The fourth-order valence-corrected chi connectivity index (χ4v) is 5.27. The van der Waals surface area contributed by atoms with Crippen LogP contribution in [0.15, 0.2) is 97.1 Å². The van der Waals surface area contributed by atoms with Crippen molar-refractivity contribution in [1.29, 1.82) is 0 Å². The smallest absolute Gasteiger partial charge is 0.256 e. The molecule has 34 heavy (non-hydrogen) atoms. The van der Waals surface area contributed by atoms with E-state index in [9.17, 15) is 9.59 Å². The highest BCUT2D eigenvalue weighted by Crippen LogP contribution is 2.38. The summed E-state index contributed by atoms with van der Waals surface area (Å²) < 4.78 is 0. The van der Waals surface area contributed by atoms with Gasteiger partial charge in [0.25, 0.3) is 11.8 Å². The van der Waals surface area contributed by atoms with Crippen LogP contribution in [0.1, 0.15) is 20.7 Å². The molecular formula is C30H18N2O2. The zero-order valence-corrected chi connectivity index (χ0v) is 18.1. The van der Waals surface area contributed by atoms with Crippen LogP contribution >= 0.6 is 0 Å². The highest BCUT2D eigenvalue weighted by Gasteiger charge is 2.23. The van der Waals surface area contributed by atoms with E-state index in [-0.39, 0.29) is 11.8 Å². The third-order valence-electron chi connectivity index (χ3n) is 6.75. The second-order valence-electron chi connectivity index (χ2n) is 8.66. The van der Waals surface area contributed by atoms with Crippen LogP contribution in [0.25, 0.3) is 43.1 Å². The first kappa shape index (κ1) is 18.8. The Morgan fingerprint density at radius 1 is 0.441 bits per heavy atom. The van der Waals surface area contributed by atoms with Gasteiger partial charge in [-0.3, -0.25) is 9.59 Å². The molecule has 0 saturated carbocycles. The summed E-state index contributed by atoms with van der Waals surface area (Å²) in [6, 6.07) is 32.3. The Morgan fingerprint density at radius 3 is 1.32 bits per heavy atom. The molecule has 4 nitrogen and oxygen atoms in total. The van der Waals surface area contributed by atoms with Gasteiger partial charge in [-0.15, -0.1) is 0 Å². The van der Waals surface area contributed by atoms with Gasteiger partial charge in [-0.05, 0) is 56.6 Å². The van der Waals surface area contributed by atoms with Crippen molar-refractivity contribution in [3.63, 3.8) is 0 Å². The molecule has 0 saturated heterocycles. The van der Waals surface area contributed by atoms with E-state index in [1.54, 1.807) is 0 Å². The van der Waals surface area contributed by atoms with Gasteiger partial charge in [0.05, 0.1) is 11.1 Å². The van der Waals surface area contributed by atoms with Crippen LogP contribution in [-0.4, -0.2) is 11.8 Å². The number of nitrogens with one attached hydrogen (secondary N) is 2. The molecule has 2 heterocycles. The summed E-state index contributed by atoms with van der Waals surface area (Å²) in [6.45, 7) is 0. The SMILES string of the molecule is O=C1Nc2cccc3c2c1cc1ccccc13.O=C1Nc2cccc3c2c1cc1ccccc13. The molecule has 0 atom stereocenters. The van der Waals surface area contributed by atoms with Crippen LogP contribution in [0.3, 0.4) is 0 Å². The number of rotatable bonds is 0. The standard InChI is InChI=1S/2C15H9NO/c2*17-15-12-8-9-4-1-2-5-10(9)11-6-3-7-13(16-15)14(11)12/h2*1-8H,(H,16,17). The van der Waals surface area contributed by atoms with E-state index in [4.69, 9.17) is 0 Å². The molecule has 160 valence electrons. The molecule has 0 fully saturated rings. The fourth-order valence-electron chi connectivity index (χ4n) is 5.27. The molecule has 0 aliphatic carbocycles. The average molecular weight is 438 g/mol. The van der Waals surface area contributed by atoms with Crippen LogP contribution in [0.2, 0.25) is 0 Å². The zero-order valence-electron chi connectivity index (χ0n) is 18.1. The lowest BCUT2D eigenvalue weighted by Gasteiger charge is -2.04. The number of hydrogen-bond acceptors (Lipinski definition) is 2. The first-order chi connectivity index (χ1) is 16.7. The minimum absolute atomic E-state index is 0.00181. The number of amides is 2. The van der Waals surface area contributed by atoms with Crippen molar-refractivity contribution in [3.05, 3.63) is 108 Å².